The molecule has 1 aromatic carbocycles. The number of nitrogens with two attached hydrogens (primary N) is 1. The molecule has 0 saturated heterocycles. The topological polar surface area (TPSA) is 55.1 Å². The van der Waals surface area contributed by atoms with Crippen LogP contribution >= 0.6 is 0 Å². The van der Waals surface area contributed by atoms with Crippen LogP contribution in [0.1, 0.15) is 31.4 Å². The quantitative estimate of drug-likeness (QED) is 0.829. The van der Waals surface area contributed by atoms with E-state index in [1.807, 2.05) is 20.8 Å². The van der Waals surface area contributed by atoms with E-state index in [0.29, 0.717) is 25.9 Å². The van der Waals surface area contributed by atoms with Crippen molar-refractivity contribution in [2.24, 2.45) is 11.1 Å². The molecule has 1 atom stereocenters. The fraction of sp³-hybridized carbons (Fsp3) is 0.533. The first-order valence-corrected chi connectivity index (χ1v) is 6.66. The van der Waals surface area contributed by atoms with Gasteiger partial charge in [0.25, 0.3) is 0 Å². The van der Waals surface area contributed by atoms with Crippen LogP contribution in [-0.2, 0) is 11.2 Å². The second-order valence-electron chi connectivity index (χ2n) is 5.20. The van der Waals surface area contributed by atoms with E-state index in [9.17, 15) is 9.18 Å². The molecular formula is C15H23FN2O. The van der Waals surface area contributed by atoms with E-state index in [2.05, 4.69) is 5.32 Å². The Kier molecular flexibility index (Phi) is 5.48. The Balaban J connectivity index is 2.52. The van der Waals surface area contributed by atoms with Crippen LogP contribution in [0.5, 0.6) is 0 Å². The minimum atomic E-state index is -0.502. The number of benzene rings is 1. The summed E-state index contributed by atoms with van der Waals surface area (Å²) in [5.74, 6) is -0.246. The Hall–Kier alpha value is -1.42. The maximum Gasteiger partial charge on any atom is 0.227 e. The molecule has 19 heavy (non-hydrogen) atoms. The first-order valence-electron chi connectivity index (χ1n) is 6.66. The van der Waals surface area contributed by atoms with Gasteiger partial charge in [-0.2, -0.15) is 0 Å². The number of hydrogen-bond donors (Lipinski definition) is 2. The summed E-state index contributed by atoms with van der Waals surface area (Å²) in [7, 11) is 0. The van der Waals surface area contributed by atoms with E-state index in [0.717, 1.165) is 11.1 Å². The molecule has 0 aliphatic heterocycles. The van der Waals surface area contributed by atoms with Gasteiger partial charge < -0.3 is 11.1 Å². The first-order chi connectivity index (χ1) is 8.92. The molecule has 0 fully saturated rings. The average Bonchev–Trinajstić information content (AvgIpc) is 2.40. The van der Waals surface area contributed by atoms with E-state index in [1.54, 1.807) is 6.07 Å². The lowest BCUT2D eigenvalue weighted by molar-refractivity contribution is -0.129. The Morgan fingerprint density at radius 3 is 2.68 bits per heavy atom. The van der Waals surface area contributed by atoms with Gasteiger partial charge in [-0.3, -0.25) is 4.79 Å². The third-order valence-corrected chi connectivity index (χ3v) is 3.76. The second kappa shape index (κ2) is 6.66. The smallest absolute Gasteiger partial charge is 0.227 e. The van der Waals surface area contributed by atoms with Crippen LogP contribution in [-0.4, -0.2) is 19.0 Å². The summed E-state index contributed by atoms with van der Waals surface area (Å²) in [5, 5.41) is 2.90. The molecule has 3 N–H and O–H groups in total. The third kappa shape index (κ3) is 4.03. The molecule has 1 unspecified atom stereocenters. The summed E-state index contributed by atoms with van der Waals surface area (Å²) in [6.45, 7) is 6.57. The minimum Gasteiger partial charge on any atom is -0.355 e. The molecule has 0 bridgehead atoms. The summed E-state index contributed by atoms with van der Waals surface area (Å²) in [6.07, 6.45) is 1.41. The summed E-state index contributed by atoms with van der Waals surface area (Å²) in [4.78, 5) is 12.0. The fourth-order valence-corrected chi connectivity index (χ4v) is 1.86. The van der Waals surface area contributed by atoms with Crippen LogP contribution in [0.3, 0.4) is 0 Å². The predicted molar refractivity (Wildman–Crippen MR) is 75.3 cm³/mol. The van der Waals surface area contributed by atoms with Gasteiger partial charge in [0.15, 0.2) is 0 Å². The lowest BCUT2D eigenvalue weighted by Gasteiger charge is -2.25. The van der Waals surface area contributed by atoms with Gasteiger partial charge in [-0.25, -0.2) is 4.39 Å². The number of amides is 1. The lowest BCUT2D eigenvalue weighted by atomic mass is 9.86. The number of hydrogen-bond acceptors (Lipinski definition) is 2. The zero-order chi connectivity index (χ0) is 14.5. The first kappa shape index (κ1) is 15.6. The highest BCUT2D eigenvalue weighted by Gasteiger charge is 2.28. The van der Waals surface area contributed by atoms with Crippen molar-refractivity contribution >= 4 is 5.91 Å². The van der Waals surface area contributed by atoms with Crippen molar-refractivity contribution in [3.05, 3.63) is 35.1 Å². The van der Waals surface area contributed by atoms with Crippen molar-refractivity contribution in [2.75, 3.05) is 13.1 Å². The van der Waals surface area contributed by atoms with Gasteiger partial charge in [-0.05, 0) is 49.9 Å². The predicted octanol–water partition coefficient (Wildman–Crippen LogP) is 2.17. The summed E-state index contributed by atoms with van der Waals surface area (Å²) >= 11 is 0. The summed E-state index contributed by atoms with van der Waals surface area (Å²) in [6, 6.07) is 4.71. The van der Waals surface area contributed by atoms with Crippen LogP contribution in [0.25, 0.3) is 0 Å². The molecule has 0 heterocycles. The lowest BCUT2D eigenvalue weighted by Crippen LogP contribution is -2.44. The zero-order valence-electron chi connectivity index (χ0n) is 11.9. The summed E-state index contributed by atoms with van der Waals surface area (Å²) in [5.41, 5.74) is 7.09. The highest BCUT2D eigenvalue weighted by Crippen LogP contribution is 2.19. The van der Waals surface area contributed by atoms with Crippen molar-refractivity contribution < 1.29 is 9.18 Å². The molecule has 4 heteroatoms. The third-order valence-electron chi connectivity index (χ3n) is 3.76. The van der Waals surface area contributed by atoms with Gasteiger partial charge in [0, 0.05) is 13.1 Å². The van der Waals surface area contributed by atoms with Crippen molar-refractivity contribution in [2.45, 2.75) is 33.6 Å². The highest BCUT2D eigenvalue weighted by atomic mass is 19.1. The Morgan fingerprint density at radius 1 is 1.47 bits per heavy atom. The summed E-state index contributed by atoms with van der Waals surface area (Å²) < 4.78 is 13.0. The van der Waals surface area contributed by atoms with Crippen molar-refractivity contribution in [1.29, 1.82) is 0 Å². The molecule has 0 saturated carbocycles. The molecular weight excluding hydrogens is 243 g/mol. The van der Waals surface area contributed by atoms with E-state index in [4.69, 9.17) is 5.73 Å². The van der Waals surface area contributed by atoms with Crippen LogP contribution in [0, 0.1) is 18.2 Å². The van der Waals surface area contributed by atoms with Crippen LogP contribution < -0.4 is 11.1 Å². The van der Waals surface area contributed by atoms with E-state index in [-0.39, 0.29) is 11.7 Å². The van der Waals surface area contributed by atoms with E-state index >= 15 is 0 Å². The normalized spacial score (nSPS) is 13.9. The van der Waals surface area contributed by atoms with Crippen molar-refractivity contribution in [3.8, 4) is 0 Å². The second-order valence-corrected chi connectivity index (χ2v) is 5.20. The maximum atomic E-state index is 13.0. The molecule has 3 nitrogen and oxygen atoms in total. The highest BCUT2D eigenvalue weighted by molar-refractivity contribution is 5.82. The molecule has 0 spiro atoms. The van der Waals surface area contributed by atoms with Gasteiger partial charge >= 0.3 is 0 Å². The van der Waals surface area contributed by atoms with Gasteiger partial charge in [-0.1, -0.05) is 13.0 Å². The van der Waals surface area contributed by atoms with Gasteiger partial charge in [0.05, 0.1) is 5.41 Å². The van der Waals surface area contributed by atoms with E-state index in [1.165, 1.54) is 12.1 Å². The van der Waals surface area contributed by atoms with Gasteiger partial charge in [-0.15, -0.1) is 0 Å². The van der Waals surface area contributed by atoms with Crippen LogP contribution in [0.4, 0.5) is 4.39 Å². The molecule has 1 amide bonds. The minimum absolute atomic E-state index is 0.0164. The molecule has 1 rings (SSSR count). The molecule has 0 aromatic heterocycles. The Labute approximate surface area is 114 Å². The molecule has 0 aliphatic carbocycles. The standard InChI is InChI=1S/C15H23FN2O/c1-4-15(3,10-17)14(19)18-8-7-12-5-6-13(16)9-11(12)2/h5-6,9H,4,7-8,10,17H2,1-3H3,(H,18,19). The van der Waals surface area contributed by atoms with Gasteiger partial charge in [0.2, 0.25) is 5.91 Å². The number of carbonyl (C=O) groups excluding carboxylic acids is 1. The zero-order valence-corrected chi connectivity index (χ0v) is 11.9. The molecule has 0 aliphatic rings. The number of aryl methyl sites for hydroxylation is 1. The fourth-order valence-electron chi connectivity index (χ4n) is 1.86. The Bertz CT molecular complexity index is 442. The van der Waals surface area contributed by atoms with Crippen LogP contribution in [0.2, 0.25) is 0 Å². The molecule has 106 valence electrons. The number of rotatable bonds is 6. The molecule has 1 aromatic rings. The van der Waals surface area contributed by atoms with Gasteiger partial charge in [0.1, 0.15) is 5.82 Å². The maximum absolute atomic E-state index is 13.0. The number of carbonyl (C=O) groups is 1. The average molecular weight is 266 g/mol. The molecule has 0 radical (unpaired) electrons. The number of halogens is 1. The number of nitrogens with one attached hydrogen (secondary N) is 1. The van der Waals surface area contributed by atoms with E-state index < -0.39 is 5.41 Å². The van der Waals surface area contributed by atoms with Crippen molar-refractivity contribution in [1.82, 2.24) is 5.32 Å². The largest absolute Gasteiger partial charge is 0.355 e. The van der Waals surface area contributed by atoms with Crippen molar-refractivity contribution in [3.63, 3.8) is 0 Å². The Morgan fingerprint density at radius 2 is 2.16 bits per heavy atom. The monoisotopic (exact) mass is 266 g/mol. The SMILES string of the molecule is CCC(C)(CN)C(=O)NCCc1ccc(F)cc1C. The van der Waals surface area contributed by atoms with Crippen LogP contribution in [0.15, 0.2) is 18.2 Å².